The van der Waals surface area contributed by atoms with Crippen molar-refractivity contribution >= 4 is 45.4 Å². The first kappa shape index (κ1) is 37.6. The molecular weight excluding hydrogens is 752 g/mol. The molecule has 0 saturated carbocycles. The highest BCUT2D eigenvalue weighted by molar-refractivity contribution is 7.91. The minimum atomic E-state index is -3.06. The van der Waals surface area contributed by atoms with E-state index >= 15 is 4.79 Å². The third-order valence-corrected chi connectivity index (χ3v) is 13.0. The van der Waals surface area contributed by atoms with Crippen molar-refractivity contribution in [3.05, 3.63) is 125 Å². The Bertz CT molecular complexity index is 2390. The van der Waals surface area contributed by atoms with Gasteiger partial charge >= 0.3 is 0 Å². The molecule has 11 nitrogen and oxygen atoms in total. The molecule has 0 spiro atoms. The number of fused-ring (bicyclic) bond motifs is 3. The lowest BCUT2D eigenvalue weighted by Gasteiger charge is -2.40. The molecule has 0 unspecified atom stereocenters. The van der Waals surface area contributed by atoms with Crippen molar-refractivity contribution in [2.45, 2.75) is 44.8 Å². The maximum Gasteiger partial charge on any atom is 0.264 e. The number of benzene rings is 4. The molecule has 2 amide bonds. The second-order valence-electron chi connectivity index (χ2n) is 14.8. The van der Waals surface area contributed by atoms with E-state index in [0.29, 0.717) is 85.1 Å². The van der Waals surface area contributed by atoms with Crippen LogP contribution in [0.15, 0.2) is 97.1 Å². The fourth-order valence-corrected chi connectivity index (χ4v) is 9.75. The van der Waals surface area contributed by atoms with Crippen LogP contribution in [0.1, 0.15) is 50.4 Å². The molecule has 1 fully saturated rings. The van der Waals surface area contributed by atoms with Crippen LogP contribution in [-0.4, -0.2) is 83.7 Å². The Morgan fingerprint density at radius 3 is 2.21 bits per heavy atom. The smallest absolute Gasteiger partial charge is 0.264 e. The van der Waals surface area contributed by atoms with E-state index in [1.165, 1.54) is 5.56 Å². The highest BCUT2D eigenvalue weighted by Crippen LogP contribution is 2.43. The molecule has 13 heteroatoms. The summed E-state index contributed by atoms with van der Waals surface area (Å²) in [7, 11) is -3.06. The first-order valence-corrected chi connectivity index (χ1v) is 20.7. The second-order valence-corrected chi connectivity index (χ2v) is 17.1. The number of aromatic hydroxyl groups is 1. The Labute approximate surface area is 332 Å². The van der Waals surface area contributed by atoms with Crippen LogP contribution in [0.25, 0.3) is 11.3 Å². The lowest BCUT2D eigenvalue weighted by atomic mass is 9.92. The Kier molecular flexibility index (Phi) is 10.3. The molecule has 290 valence electrons. The van der Waals surface area contributed by atoms with Crippen LogP contribution in [-0.2, 0) is 35.8 Å². The summed E-state index contributed by atoms with van der Waals surface area (Å²) in [5.74, 6) is 1.00. The topological polar surface area (TPSA) is 122 Å². The molecule has 4 aromatic carbocycles. The summed E-state index contributed by atoms with van der Waals surface area (Å²) in [6.45, 7) is 2.57. The van der Waals surface area contributed by atoms with Crippen molar-refractivity contribution < 1.29 is 32.6 Å². The number of anilines is 2. The number of ether oxygens (including phenoxy) is 2. The van der Waals surface area contributed by atoms with Gasteiger partial charge in [0.1, 0.15) is 5.75 Å². The minimum absolute atomic E-state index is 0. The highest BCUT2D eigenvalue weighted by Gasteiger charge is 2.37. The number of hydrogen-bond donors (Lipinski definition) is 1. The Morgan fingerprint density at radius 1 is 0.786 bits per heavy atom. The van der Waals surface area contributed by atoms with Crippen molar-refractivity contribution in [1.29, 1.82) is 0 Å². The first-order valence-electron chi connectivity index (χ1n) is 18.9. The van der Waals surface area contributed by atoms with E-state index in [0.717, 1.165) is 29.8 Å². The number of amides is 2. The van der Waals surface area contributed by atoms with E-state index < -0.39 is 9.84 Å². The average Bonchev–Trinajstić information content (AvgIpc) is 3.83. The number of sulfone groups is 1. The number of phenols is 1. The van der Waals surface area contributed by atoms with Crippen LogP contribution in [0, 0.1) is 0 Å². The summed E-state index contributed by atoms with van der Waals surface area (Å²) in [6, 6.07) is 29.6. The van der Waals surface area contributed by atoms with Gasteiger partial charge in [0.2, 0.25) is 6.79 Å². The van der Waals surface area contributed by atoms with Gasteiger partial charge in [-0.2, -0.15) is 0 Å². The summed E-state index contributed by atoms with van der Waals surface area (Å²) in [4.78, 5) is 35.8. The lowest BCUT2D eigenvalue weighted by molar-refractivity contribution is 0.0585. The van der Waals surface area contributed by atoms with E-state index in [2.05, 4.69) is 21.6 Å². The number of para-hydroxylation sites is 1. The quantitative estimate of drug-likeness (QED) is 0.195. The third kappa shape index (κ3) is 7.13. The molecule has 0 aliphatic carbocycles. The van der Waals surface area contributed by atoms with E-state index in [1.54, 1.807) is 35.2 Å². The van der Waals surface area contributed by atoms with Crippen molar-refractivity contribution in [3.63, 3.8) is 0 Å². The largest absolute Gasteiger partial charge is 0.508 e. The molecule has 1 saturated heterocycles. The summed E-state index contributed by atoms with van der Waals surface area (Å²) >= 11 is 0. The van der Waals surface area contributed by atoms with Crippen LogP contribution >= 0.6 is 12.4 Å². The molecule has 4 aliphatic rings. The molecule has 5 heterocycles. The van der Waals surface area contributed by atoms with Crippen molar-refractivity contribution in [2.24, 2.45) is 0 Å². The zero-order chi connectivity index (χ0) is 37.7. The number of carbonyl (C=O) groups is 2. The number of aromatic nitrogens is 1. The predicted molar refractivity (Wildman–Crippen MR) is 216 cm³/mol. The van der Waals surface area contributed by atoms with Gasteiger partial charge in [-0.15, -0.1) is 12.4 Å². The zero-order valence-electron chi connectivity index (χ0n) is 30.8. The number of hydrogen-bond acceptors (Lipinski definition) is 8. The van der Waals surface area contributed by atoms with E-state index in [4.69, 9.17) is 9.47 Å². The maximum atomic E-state index is 15.2. The van der Waals surface area contributed by atoms with Gasteiger partial charge in [-0.3, -0.25) is 19.4 Å². The summed E-state index contributed by atoms with van der Waals surface area (Å²) in [6.07, 6.45) is 3.20. The Balaban J connectivity index is 0.00000441. The first-order chi connectivity index (χ1) is 26.7. The highest BCUT2D eigenvalue weighted by atomic mass is 35.5. The zero-order valence-corrected chi connectivity index (χ0v) is 32.4. The third-order valence-electron chi connectivity index (χ3n) is 11.4. The van der Waals surface area contributed by atoms with Gasteiger partial charge in [-0.1, -0.05) is 42.5 Å². The normalized spacial score (nSPS) is 18.4. The molecular formula is C43H43ClN4O7S. The Morgan fingerprint density at radius 2 is 1.46 bits per heavy atom. The molecule has 56 heavy (non-hydrogen) atoms. The van der Waals surface area contributed by atoms with Gasteiger partial charge < -0.3 is 24.0 Å². The standard InChI is InChI=1S/C43H42N4O7S.ClH/c48-34-15-13-32(14-16-34)47(31-10-2-1-3-11-31)43(50)37-23-39(45-17-7-6-12-38(37)45)35-24-40-41(54-28-53-40)25-36(35)42(49)46-26-30-9-5-4-8-29(30)22-33(46)27-44-18-20-55(51,52)21-19-44;/h1-5,8-11,13-16,23-25,33,48H,6-7,12,17-22,26-28H2;1H/t33-;/m0./s1. The maximum absolute atomic E-state index is 15.2. The summed E-state index contributed by atoms with van der Waals surface area (Å²) in [5.41, 5.74) is 6.91. The van der Waals surface area contributed by atoms with Crippen LogP contribution in [0.4, 0.5) is 11.4 Å². The fraction of sp³-hybridized carbons (Fsp3) is 0.302. The number of carbonyl (C=O) groups excluding carboxylic acids is 2. The molecule has 1 atom stereocenters. The van der Waals surface area contributed by atoms with Gasteiger partial charge in [0.05, 0.1) is 22.6 Å². The molecule has 0 bridgehead atoms. The molecule has 5 aromatic rings. The average molecular weight is 795 g/mol. The van der Waals surface area contributed by atoms with Crippen molar-refractivity contribution in [2.75, 3.05) is 42.8 Å². The monoisotopic (exact) mass is 794 g/mol. The van der Waals surface area contributed by atoms with E-state index in [1.807, 2.05) is 59.5 Å². The van der Waals surface area contributed by atoms with E-state index in [-0.39, 0.29) is 54.3 Å². The predicted octanol–water partition coefficient (Wildman–Crippen LogP) is 6.62. The van der Waals surface area contributed by atoms with Crippen molar-refractivity contribution in [1.82, 2.24) is 14.4 Å². The van der Waals surface area contributed by atoms with Gasteiger partial charge in [-0.25, -0.2) is 8.42 Å². The number of nitrogens with zero attached hydrogens (tertiary/aromatic N) is 4. The number of halogens is 1. The fourth-order valence-electron chi connectivity index (χ4n) is 8.47. The van der Waals surface area contributed by atoms with Crippen LogP contribution in [0.2, 0.25) is 0 Å². The van der Waals surface area contributed by atoms with Gasteiger partial charge in [-0.05, 0) is 91.4 Å². The number of phenolic OH excluding ortho intramolecular Hbond substituents is 1. The van der Waals surface area contributed by atoms with Crippen LogP contribution in [0.5, 0.6) is 17.2 Å². The number of rotatable bonds is 7. The molecule has 4 aliphatic heterocycles. The van der Waals surface area contributed by atoms with Gasteiger partial charge in [0.25, 0.3) is 11.8 Å². The molecule has 0 radical (unpaired) electrons. The van der Waals surface area contributed by atoms with Crippen LogP contribution < -0.4 is 14.4 Å². The minimum Gasteiger partial charge on any atom is -0.508 e. The summed E-state index contributed by atoms with van der Waals surface area (Å²) < 4.78 is 38.4. The summed E-state index contributed by atoms with van der Waals surface area (Å²) in [5, 5.41) is 10.1. The molecule has 9 rings (SSSR count). The lowest BCUT2D eigenvalue weighted by Crippen LogP contribution is -2.52. The van der Waals surface area contributed by atoms with Gasteiger partial charge in [0.15, 0.2) is 21.3 Å². The Hall–Kier alpha value is -5.30. The van der Waals surface area contributed by atoms with Crippen molar-refractivity contribution in [3.8, 4) is 28.5 Å². The van der Waals surface area contributed by atoms with Gasteiger partial charge in [0, 0.05) is 67.1 Å². The molecule has 1 aromatic heterocycles. The SMILES string of the molecule is Cl.O=C(c1cc(-c2cc3c(cc2C(=O)N2Cc4ccccc4C[C@H]2CN2CCS(=O)(=O)CC2)OCO3)n2c1CCCC2)N(c1ccccc1)c1ccc(O)cc1. The second kappa shape index (κ2) is 15.3. The van der Waals surface area contributed by atoms with Crippen LogP contribution in [0.3, 0.4) is 0 Å². The van der Waals surface area contributed by atoms with E-state index in [9.17, 15) is 18.3 Å². The molecule has 1 N–H and O–H groups in total.